The fraction of sp³-hybridized carbons (Fsp3) is 1.00. The molecule has 17 heavy (non-hydrogen) atoms. The average Bonchev–Trinajstić information content (AvgIpc) is 2.80. The summed E-state index contributed by atoms with van der Waals surface area (Å²) in [6.45, 7) is 11.9. The van der Waals surface area contributed by atoms with Crippen LogP contribution in [0.2, 0.25) is 0 Å². The van der Waals surface area contributed by atoms with Crippen LogP contribution in [-0.4, -0.2) is 37.1 Å². The summed E-state index contributed by atoms with van der Waals surface area (Å²) < 4.78 is 0. The topological polar surface area (TPSA) is 15.3 Å². The largest absolute Gasteiger partial charge is 0.317 e. The van der Waals surface area contributed by atoms with Gasteiger partial charge in [-0.2, -0.15) is 0 Å². The van der Waals surface area contributed by atoms with Gasteiger partial charge in [0, 0.05) is 12.6 Å². The molecule has 2 atom stereocenters. The van der Waals surface area contributed by atoms with E-state index >= 15 is 0 Å². The van der Waals surface area contributed by atoms with Crippen molar-refractivity contribution >= 4 is 0 Å². The highest BCUT2D eigenvalue weighted by molar-refractivity contribution is 4.80. The molecular weight excluding hydrogens is 208 g/mol. The fourth-order valence-corrected chi connectivity index (χ4v) is 2.83. The van der Waals surface area contributed by atoms with E-state index in [1.165, 1.54) is 58.2 Å². The minimum absolute atomic E-state index is 0.804. The molecule has 0 saturated carbocycles. The van der Waals surface area contributed by atoms with Crippen molar-refractivity contribution in [1.29, 1.82) is 0 Å². The van der Waals surface area contributed by atoms with Gasteiger partial charge < -0.3 is 10.2 Å². The summed E-state index contributed by atoms with van der Waals surface area (Å²) in [5.74, 6) is 0.896. The standard InChI is InChI=1S/C15H32N2/c1-4-6-7-8-9-14(3)17-11-10-15(13-17)12-16-5-2/h14-16H,4-13H2,1-3H3. The van der Waals surface area contributed by atoms with Crippen LogP contribution in [0.1, 0.15) is 59.3 Å². The third kappa shape index (κ3) is 5.87. The molecule has 2 unspecified atom stereocenters. The van der Waals surface area contributed by atoms with Crippen molar-refractivity contribution in [1.82, 2.24) is 10.2 Å². The number of hydrogen-bond acceptors (Lipinski definition) is 2. The van der Waals surface area contributed by atoms with Crippen molar-refractivity contribution in [3.8, 4) is 0 Å². The Bertz CT molecular complexity index is 182. The summed E-state index contributed by atoms with van der Waals surface area (Å²) in [7, 11) is 0. The van der Waals surface area contributed by atoms with Gasteiger partial charge in [-0.05, 0) is 45.3 Å². The summed E-state index contributed by atoms with van der Waals surface area (Å²) in [6.07, 6.45) is 8.40. The van der Waals surface area contributed by atoms with E-state index in [0.717, 1.165) is 18.5 Å². The van der Waals surface area contributed by atoms with Crippen LogP contribution >= 0.6 is 0 Å². The third-order valence-electron chi connectivity index (χ3n) is 4.10. The normalized spacial score (nSPS) is 23.1. The quantitative estimate of drug-likeness (QED) is 0.622. The van der Waals surface area contributed by atoms with E-state index in [4.69, 9.17) is 0 Å². The number of hydrogen-bond donors (Lipinski definition) is 1. The van der Waals surface area contributed by atoms with Gasteiger partial charge in [-0.3, -0.25) is 0 Å². The zero-order valence-corrected chi connectivity index (χ0v) is 12.2. The summed E-state index contributed by atoms with van der Waals surface area (Å²) in [5.41, 5.74) is 0. The van der Waals surface area contributed by atoms with Crippen LogP contribution in [0.15, 0.2) is 0 Å². The highest BCUT2D eigenvalue weighted by Crippen LogP contribution is 2.20. The van der Waals surface area contributed by atoms with Gasteiger partial charge in [0.05, 0.1) is 0 Å². The molecule has 1 aliphatic heterocycles. The summed E-state index contributed by atoms with van der Waals surface area (Å²) >= 11 is 0. The first-order chi connectivity index (χ1) is 8.27. The second kappa shape index (κ2) is 8.93. The van der Waals surface area contributed by atoms with Gasteiger partial charge in [-0.15, -0.1) is 0 Å². The van der Waals surface area contributed by atoms with Gasteiger partial charge in [0.1, 0.15) is 0 Å². The van der Waals surface area contributed by atoms with Crippen LogP contribution in [0.3, 0.4) is 0 Å². The van der Waals surface area contributed by atoms with E-state index in [-0.39, 0.29) is 0 Å². The van der Waals surface area contributed by atoms with Crippen LogP contribution in [0.25, 0.3) is 0 Å². The molecule has 1 fully saturated rings. The van der Waals surface area contributed by atoms with Crippen LogP contribution in [-0.2, 0) is 0 Å². The van der Waals surface area contributed by atoms with Crippen molar-refractivity contribution in [2.24, 2.45) is 5.92 Å². The molecule has 0 amide bonds. The summed E-state index contributed by atoms with van der Waals surface area (Å²) in [4.78, 5) is 2.70. The van der Waals surface area contributed by atoms with Crippen molar-refractivity contribution in [2.75, 3.05) is 26.2 Å². The zero-order valence-electron chi connectivity index (χ0n) is 12.2. The van der Waals surface area contributed by atoms with Crippen molar-refractivity contribution in [2.45, 2.75) is 65.3 Å². The van der Waals surface area contributed by atoms with E-state index < -0.39 is 0 Å². The average molecular weight is 240 g/mol. The Morgan fingerprint density at radius 2 is 2.06 bits per heavy atom. The predicted octanol–water partition coefficient (Wildman–Crippen LogP) is 3.28. The molecule has 0 aromatic carbocycles. The number of unbranched alkanes of at least 4 members (excludes halogenated alkanes) is 3. The molecule has 1 heterocycles. The summed E-state index contributed by atoms with van der Waals surface area (Å²) in [6, 6.07) is 0.804. The number of rotatable bonds is 9. The third-order valence-corrected chi connectivity index (χ3v) is 4.10. The Labute approximate surface area is 108 Å². The van der Waals surface area contributed by atoms with E-state index in [1.807, 2.05) is 0 Å². The van der Waals surface area contributed by atoms with Crippen molar-refractivity contribution < 1.29 is 0 Å². The minimum atomic E-state index is 0.804. The SMILES string of the molecule is CCCCCCC(C)N1CCC(CNCC)C1. The highest BCUT2D eigenvalue weighted by Gasteiger charge is 2.25. The van der Waals surface area contributed by atoms with Gasteiger partial charge in [0.25, 0.3) is 0 Å². The maximum absolute atomic E-state index is 3.48. The van der Waals surface area contributed by atoms with Gasteiger partial charge in [-0.1, -0.05) is 39.5 Å². The molecule has 1 rings (SSSR count). The number of nitrogens with zero attached hydrogens (tertiary/aromatic N) is 1. The molecule has 0 aromatic rings. The van der Waals surface area contributed by atoms with Crippen LogP contribution in [0.4, 0.5) is 0 Å². The Hall–Kier alpha value is -0.0800. The number of nitrogens with one attached hydrogen (secondary N) is 1. The van der Waals surface area contributed by atoms with E-state index in [0.29, 0.717) is 0 Å². The van der Waals surface area contributed by atoms with Gasteiger partial charge in [0.2, 0.25) is 0 Å². The molecular formula is C15H32N2. The molecule has 1 saturated heterocycles. The van der Waals surface area contributed by atoms with Crippen LogP contribution in [0.5, 0.6) is 0 Å². The Balaban J connectivity index is 2.09. The number of likely N-dealkylation sites (tertiary alicyclic amines) is 1. The molecule has 1 aliphatic rings. The Kier molecular flexibility index (Phi) is 7.87. The first kappa shape index (κ1) is 15.0. The first-order valence-corrected chi connectivity index (χ1v) is 7.72. The molecule has 0 radical (unpaired) electrons. The lowest BCUT2D eigenvalue weighted by atomic mass is 10.1. The molecule has 0 spiro atoms. The molecule has 2 nitrogen and oxygen atoms in total. The second-order valence-electron chi connectivity index (χ2n) is 5.66. The monoisotopic (exact) mass is 240 g/mol. The van der Waals surface area contributed by atoms with Gasteiger partial charge in [0.15, 0.2) is 0 Å². The van der Waals surface area contributed by atoms with E-state index in [2.05, 4.69) is 31.0 Å². The molecule has 0 aliphatic carbocycles. The predicted molar refractivity (Wildman–Crippen MR) is 76.4 cm³/mol. The molecule has 2 heteroatoms. The van der Waals surface area contributed by atoms with Gasteiger partial charge in [-0.25, -0.2) is 0 Å². The van der Waals surface area contributed by atoms with Crippen molar-refractivity contribution in [3.63, 3.8) is 0 Å². The lowest BCUT2D eigenvalue weighted by Crippen LogP contribution is -2.32. The van der Waals surface area contributed by atoms with Gasteiger partial charge >= 0.3 is 0 Å². The second-order valence-corrected chi connectivity index (χ2v) is 5.66. The lowest BCUT2D eigenvalue weighted by Gasteiger charge is -2.24. The molecule has 0 bridgehead atoms. The summed E-state index contributed by atoms with van der Waals surface area (Å²) in [5, 5.41) is 3.48. The Morgan fingerprint density at radius 3 is 2.76 bits per heavy atom. The highest BCUT2D eigenvalue weighted by atomic mass is 15.2. The fourth-order valence-electron chi connectivity index (χ4n) is 2.83. The molecule has 102 valence electrons. The van der Waals surface area contributed by atoms with Crippen LogP contribution in [0, 0.1) is 5.92 Å². The maximum Gasteiger partial charge on any atom is 0.00670 e. The zero-order chi connectivity index (χ0) is 12.5. The lowest BCUT2D eigenvalue weighted by molar-refractivity contribution is 0.232. The van der Waals surface area contributed by atoms with E-state index in [1.54, 1.807) is 0 Å². The smallest absolute Gasteiger partial charge is 0.00670 e. The Morgan fingerprint density at radius 1 is 1.24 bits per heavy atom. The molecule has 0 aromatic heterocycles. The van der Waals surface area contributed by atoms with Crippen LogP contribution < -0.4 is 5.32 Å². The maximum atomic E-state index is 3.48. The molecule has 1 N–H and O–H groups in total. The van der Waals surface area contributed by atoms with E-state index in [9.17, 15) is 0 Å². The minimum Gasteiger partial charge on any atom is -0.317 e. The van der Waals surface area contributed by atoms with Crippen molar-refractivity contribution in [3.05, 3.63) is 0 Å². The first-order valence-electron chi connectivity index (χ1n) is 7.72.